The van der Waals surface area contributed by atoms with Crippen molar-refractivity contribution in [1.82, 2.24) is 0 Å². The predicted octanol–water partition coefficient (Wildman–Crippen LogP) is 6.18. The van der Waals surface area contributed by atoms with Gasteiger partial charge in [0.2, 0.25) is 0 Å². The van der Waals surface area contributed by atoms with Crippen LogP contribution in [0.15, 0.2) is 72.4 Å². The third-order valence-electron chi connectivity index (χ3n) is 5.84. The van der Waals surface area contributed by atoms with Crippen molar-refractivity contribution in [1.29, 1.82) is 0 Å². The van der Waals surface area contributed by atoms with Crippen LogP contribution in [0.3, 0.4) is 0 Å². The number of rotatable bonds is 7. The molecule has 0 radical (unpaired) electrons. The van der Waals surface area contributed by atoms with Crippen LogP contribution in [0.25, 0.3) is 5.57 Å². The molecular weight excluding hydrogens is 415 g/mol. The molecule has 0 aromatic heterocycles. The Morgan fingerprint density at radius 2 is 1.67 bits per heavy atom. The summed E-state index contributed by atoms with van der Waals surface area (Å²) in [6.07, 6.45) is 3.14. The van der Waals surface area contributed by atoms with Gasteiger partial charge in [-0.2, -0.15) is 0 Å². The second-order valence-corrected chi connectivity index (χ2v) is 8.42. The Hall–Kier alpha value is -3.73. The summed E-state index contributed by atoms with van der Waals surface area (Å²) >= 11 is 0. The van der Waals surface area contributed by atoms with Gasteiger partial charge in [0.1, 0.15) is 11.5 Å². The zero-order chi connectivity index (χ0) is 23.5. The zero-order valence-electron chi connectivity index (χ0n) is 19.1. The number of benzene rings is 3. The van der Waals surface area contributed by atoms with Crippen LogP contribution in [0.4, 0.5) is 15.8 Å². The largest absolute Gasteiger partial charge is 0.350 e. The minimum Gasteiger partial charge on any atom is -0.350 e. The molecule has 5 heteroatoms. The van der Waals surface area contributed by atoms with Gasteiger partial charge in [-0.1, -0.05) is 55.3 Å². The molecule has 0 atom stereocenters. The monoisotopic (exact) mass is 442 g/mol. The lowest BCUT2D eigenvalue weighted by Crippen LogP contribution is -2.32. The summed E-state index contributed by atoms with van der Waals surface area (Å²) in [4.78, 5) is 28.3. The SMILES string of the molecule is CCCCc1ccc(N2C(=O)C(Nc3cccc(F)c3)=C(c3ccc(C)cc3C)C2=O)cc1. The highest BCUT2D eigenvalue weighted by atomic mass is 19.1. The Bertz CT molecular complexity index is 1250. The van der Waals surface area contributed by atoms with Crippen molar-refractivity contribution in [3.8, 4) is 0 Å². The van der Waals surface area contributed by atoms with Crippen molar-refractivity contribution in [3.05, 3.63) is 100 Å². The van der Waals surface area contributed by atoms with E-state index in [2.05, 4.69) is 12.2 Å². The van der Waals surface area contributed by atoms with Crippen molar-refractivity contribution in [2.24, 2.45) is 0 Å². The Balaban J connectivity index is 1.77. The molecule has 1 aliphatic rings. The van der Waals surface area contributed by atoms with Gasteiger partial charge in [0.05, 0.1) is 11.3 Å². The maximum Gasteiger partial charge on any atom is 0.282 e. The van der Waals surface area contributed by atoms with Crippen LogP contribution in [0.1, 0.15) is 42.0 Å². The Kier molecular flexibility index (Phi) is 6.40. The van der Waals surface area contributed by atoms with Crippen molar-refractivity contribution >= 4 is 28.8 Å². The van der Waals surface area contributed by atoms with Gasteiger partial charge in [-0.3, -0.25) is 9.59 Å². The summed E-state index contributed by atoms with van der Waals surface area (Å²) in [6.45, 7) is 6.03. The fraction of sp³-hybridized carbons (Fsp3) is 0.214. The molecule has 0 saturated carbocycles. The first-order valence-corrected chi connectivity index (χ1v) is 11.2. The summed E-state index contributed by atoms with van der Waals surface area (Å²) in [7, 11) is 0. The fourth-order valence-electron chi connectivity index (χ4n) is 4.13. The van der Waals surface area contributed by atoms with Crippen LogP contribution < -0.4 is 10.2 Å². The van der Waals surface area contributed by atoms with E-state index in [1.54, 1.807) is 12.1 Å². The average Bonchev–Trinajstić information content (AvgIpc) is 3.02. The predicted molar refractivity (Wildman–Crippen MR) is 130 cm³/mol. The minimum atomic E-state index is -0.458. The topological polar surface area (TPSA) is 49.4 Å². The molecule has 0 bridgehead atoms. The molecule has 0 unspecified atom stereocenters. The van der Waals surface area contributed by atoms with E-state index in [0.717, 1.165) is 30.4 Å². The fourth-order valence-corrected chi connectivity index (χ4v) is 4.13. The lowest BCUT2D eigenvalue weighted by molar-refractivity contribution is -0.120. The van der Waals surface area contributed by atoms with Crippen molar-refractivity contribution in [3.63, 3.8) is 0 Å². The molecule has 1 aliphatic heterocycles. The number of hydrogen-bond donors (Lipinski definition) is 1. The molecule has 0 fully saturated rings. The van der Waals surface area contributed by atoms with Gasteiger partial charge in [0.15, 0.2) is 0 Å². The number of aryl methyl sites for hydroxylation is 3. The van der Waals surface area contributed by atoms with Crippen molar-refractivity contribution in [2.75, 3.05) is 10.2 Å². The maximum absolute atomic E-state index is 13.8. The number of carbonyl (C=O) groups is 2. The summed E-state index contributed by atoms with van der Waals surface area (Å²) in [5, 5.41) is 3.02. The first-order valence-electron chi connectivity index (χ1n) is 11.2. The molecule has 3 aromatic carbocycles. The van der Waals surface area contributed by atoms with Crippen molar-refractivity contribution in [2.45, 2.75) is 40.0 Å². The number of amides is 2. The van der Waals surface area contributed by atoms with E-state index in [-0.39, 0.29) is 11.3 Å². The number of nitrogens with zero attached hydrogens (tertiary/aromatic N) is 1. The molecule has 33 heavy (non-hydrogen) atoms. The normalized spacial score (nSPS) is 13.8. The molecule has 0 spiro atoms. The van der Waals surface area contributed by atoms with Gasteiger partial charge in [0, 0.05) is 5.69 Å². The molecule has 0 aliphatic carbocycles. The quantitative estimate of drug-likeness (QED) is 0.445. The number of anilines is 2. The van der Waals surface area contributed by atoms with E-state index in [1.807, 2.05) is 56.3 Å². The highest BCUT2D eigenvalue weighted by Crippen LogP contribution is 2.35. The molecule has 1 heterocycles. The number of hydrogen-bond acceptors (Lipinski definition) is 3. The molecule has 4 nitrogen and oxygen atoms in total. The van der Waals surface area contributed by atoms with Gasteiger partial charge < -0.3 is 5.32 Å². The van der Waals surface area contributed by atoms with Crippen LogP contribution in [0.5, 0.6) is 0 Å². The van der Waals surface area contributed by atoms with Gasteiger partial charge in [-0.15, -0.1) is 0 Å². The molecule has 1 N–H and O–H groups in total. The first kappa shape index (κ1) is 22.5. The van der Waals surface area contributed by atoms with Gasteiger partial charge in [-0.25, -0.2) is 9.29 Å². The average molecular weight is 443 g/mol. The molecule has 0 saturated heterocycles. The number of halogens is 1. The number of imide groups is 1. The summed E-state index contributed by atoms with van der Waals surface area (Å²) in [6, 6.07) is 19.1. The van der Waals surface area contributed by atoms with E-state index in [4.69, 9.17) is 0 Å². The lowest BCUT2D eigenvalue weighted by atomic mass is 9.97. The van der Waals surface area contributed by atoms with Crippen LogP contribution in [0.2, 0.25) is 0 Å². The number of nitrogens with one attached hydrogen (secondary N) is 1. The molecule has 2 amide bonds. The lowest BCUT2D eigenvalue weighted by Gasteiger charge is -2.16. The standard InChI is InChI=1S/C28H27FN2O2/c1-4-5-7-20-11-13-23(14-12-20)31-27(32)25(24-15-10-18(2)16-19(24)3)26(28(31)33)30-22-9-6-8-21(29)17-22/h6,8-17,30H,4-5,7H2,1-3H3. The summed E-state index contributed by atoms with van der Waals surface area (Å²) < 4.78 is 13.8. The third-order valence-corrected chi connectivity index (χ3v) is 5.84. The zero-order valence-corrected chi connectivity index (χ0v) is 19.1. The van der Waals surface area contributed by atoms with E-state index in [1.165, 1.54) is 22.6 Å². The van der Waals surface area contributed by atoms with E-state index in [9.17, 15) is 14.0 Å². The molecular formula is C28H27FN2O2. The van der Waals surface area contributed by atoms with Crippen LogP contribution in [-0.2, 0) is 16.0 Å². The molecule has 4 rings (SSSR count). The molecule has 168 valence electrons. The van der Waals surface area contributed by atoms with Crippen LogP contribution in [-0.4, -0.2) is 11.8 Å². The smallest absolute Gasteiger partial charge is 0.282 e. The minimum absolute atomic E-state index is 0.146. The maximum atomic E-state index is 13.8. The Morgan fingerprint density at radius 1 is 0.909 bits per heavy atom. The van der Waals surface area contributed by atoms with E-state index in [0.29, 0.717) is 16.9 Å². The summed E-state index contributed by atoms with van der Waals surface area (Å²) in [5.74, 6) is -1.28. The molecule has 3 aromatic rings. The summed E-state index contributed by atoms with van der Waals surface area (Å²) in [5.41, 5.74) is 5.16. The Labute approximate surface area is 193 Å². The van der Waals surface area contributed by atoms with E-state index >= 15 is 0 Å². The van der Waals surface area contributed by atoms with Gasteiger partial charge in [0.25, 0.3) is 11.8 Å². The first-order chi connectivity index (χ1) is 15.9. The number of carbonyl (C=O) groups excluding carboxylic acids is 2. The second-order valence-electron chi connectivity index (χ2n) is 8.42. The second kappa shape index (κ2) is 9.41. The van der Waals surface area contributed by atoms with Crippen molar-refractivity contribution < 1.29 is 14.0 Å². The van der Waals surface area contributed by atoms with Crippen LogP contribution >= 0.6 is 0 Å². The van der Waals surface area contributed by atoms with Gasteiger partial charge >= 0.3 is 0 Å². The highest BCUT2D eigenvalue weighted by Gasteiger charge is 2.40. The third kappa shape index (κ3) is 4.58. The van der Waals surface area contributed by atoms with E-state index < -0.39 is 17.6 Å². The highest BCUT2D eigenvalue weighted by molar-refractivity contribution is 6.46. The number of unbranched alkanes of at least 4 members (excludes halogenated alkanes) is 1. The van der Waals surface area contributed by atoms with Gasteiger partial charge in [-0.05, 0) is 73.7 Å². The Morgan fingerprint density at radius 3 is 2.33 bits per heavy atom. The van der Waals surface area contributed by atoms with Crippen LogP contribution in [0, 0.1) is 19.7 Å².